The Morgan fingerprint density at radius 3 is 2.90 bits per heavy atom. The predicted molar refractivity (Wildman–Crippen MR) is 113 cm³/mol. The van der Waals surface area contributed by atoms with Crippen molar-refractivity contribution in [3.63, 3.8) is 0 Å². The van der Waals surface area contributed by atoms with Gasteiger partial charge in [-0.1, -0.05) is 23.4 Å². The Labute approximate surface area is 177 Å². The van der Waals surface area contributed by atoms with Crippen molar-refractivity contribution in [2.45, 2.75) is 50.5 Å². The maximum Gasteiger partial charge on any atom is 0.321 e. The number of carbonyl (C=O) groups excluding carboxylic acids is 2. The molecule has 29 heavy (non-hydrogen) atoms. The fraction of sp³-hybridized carbons (Fsp3) is 0.474. The highest BCUT2D eigenvalue weighted by Crippen LogP contribution is 2.22. The highest BCUT2D eigenvalue weighted by atomic mass is 35.5. The number of nitrogens with zero attached hydrogens (tertiary/aromatic N) is 2. The van der Waals surface area contributed by atoms with Crippen molar-refractivity contribution >= 4 is 46.2 Å². The largest absolute Gasteiger partial charge is 0.376 e. The fourth-order valence-electron chi connectivity index (χ4n) is 3.03. The third kappa shape index (κ3) is 5.71. The minimum Gasteiger partial charge on any atom is -0.376 e. The number of amides is 3. The molecule has 1 aliphatic heterocycles. The number of nitrogens with one attached hydrogen (secondary N) is 2. The molecule has 1 aromatic carbocycles. The first-order chi connectivity index (χ1) is 13.8. The van der Waals surface area contributed by atoms with E-state index in [4.69, 9.17) is 16.3 Å². The monoisotopic (exact) mass is 438 g/mol. The van der Waals surface area contributed by atoms with E-state index in [0.29, 0.717) is 34.2 Å². The first-order valence-electron chi connectivity index (χ1n) is 9.38. The van der Waals surface area contributed by atoms with Crippen LogP contribution in [-0.4, -0.2) is 46.0 Å². The number of aromatic nitrogens is 2. The van der Waals surface area contributed by atoms with Gasteiger partial charge in [0, 0.05) is 17.7 Å². The van der Waals surface area contributed by atoms with Crippen LogP contribution in [0.15, 0.2) is 28.2 Å². The standard InChI is InChI=1S/C19H23ClN4O4S/c1-11(2)21-18(27)23-16(25)10-29-19-22-15-8-12(20)5-6-14(15)17(26)24(19)9-13-4-3-7-28-13/h5-6,8,11,13H,3-4,7,9-10H2,1-2H3,(H2,21,23,25,27). The number of urea groups is 1. The van der Waals surface area contributed by atoms with Crippen LogP contribution < -0.4 is 16.2 Å². The molecule has 3 amide bonds. The van der Waals surface area contributed by atoms with E-state index in [1.165, 1.54) is 0 Å². The van der Waals surface area contributed by atoms with Gasteiger partial charge in [0.25, 0.3) is 5.56 Å². The molecule has 1 saturated heterocycles. The van der Waals surface area contributed by atoms with E-state index in [1.54, 1.807) is 36.6 Å². The Morgan fingerprint density at radius 1 is 1.41 bits per heavy atom. The molecule has 2 aromatic rings. The first-order valence-corrected chi connectivity index (χ1v) is 10.7. The number of halogens is 1. The number of hydrogen-bond donors (Lipinski definition) is 2. The topological polar surface area (TPSA) is 102 Å². The number of hydrogen-bond acceptors (Lipinski definition) is 6. The molecule has 156 valence electrons. The second-order valence-corrected chi connectivity index (χ2v) is 8.45. The number of thioether (sulfide) groups is 1. The van der Waals surface area contributed by atoms with Crippen LogP contribution >= 0.6 is 23.4 Å². The van der Waals surface area contributed by atoms with Crippen LogP contribution in [0.5, 0.6) is 0 Å². The lowest BCUT2D eigenvalue weighted by atomic mass is 10.2. The second-order valence-electron chi connectivity index (χ2n) is 7.07. The first kappa shape index (κ1) is 21.6. The van der Waals surface area contributed by atoms with Crippen molar-refractivity contribution in [3.8, 4) is 0 Å². The van der Waals surface area contributed by atoms with Crippen molar-refractivity contribution in [2.24, 2.45) is 0 Å². The summed E-state index contributed by atoms with van der Waals surface area (Å²) in [5.74, 6) is -0.535. The summed E-state index contributed by atoms with van der Waals surface area (Å²) in [6.45, 7) is 4.63. The van der Waals surface area contributed by atoms with E-state index in [0.717, 1.165) is 24.6 Å². The van der Waals surface area contributed by atoms with Gasteiger partial charge >= 0.3 is 6.03 Å². The molecule has 1 unspecified atom stereocenters. The van der Waals surface area contributed by atoms with E-state index in [-0.39, 0.29) is 23.5 Å². The van der Waals surface area contributed by atoms with Gasteiger partial charge in [0.05, 0.1) is 29.3 Å². The van der Waals surface area contributed by atoms with Crippen molar-refractivity contribution in [1.29, 1.82) is 0 Å². The van der Waals surface area contributed by atoms with Crippen LogP contribution in [0, 0.1) is 0 Å². The number of benzene rings is 1. The zero-order valence-electron chi connectivity index (χ0n) is 16.2. The number of rotatable bonds is 6. The number of ether oxygens (including phenoxy) is 1. The Balaban J connectivity index is 1.83. The lowest BCUT2D eigenvalue weighted by Crippen LogP contribution is -2.43. The zero-order valence-corrected chi connectivity index (χ0v) is 17.8. The average molecular weight is 439 g/mol. The summed E-state index contributed by atoms with van der Waals surface area (Å²) >= 11 is 7.14. The fourth-order valence-corrected chi connectivity index (χ4v) is 4.00. The zero-order chi connectivity index (χ0) is 21.0. The SMILES string of the molecule is CC(C)NC(=O)NC(=O)CSc1nc2cc(Cl)ccc2c(=O)n1CC1CCCO1. The van der Waals surface area contributed by atoms with E-state index < -0.39 is 11.9 Å². The molecule has 0 bridgehead atoms. The lowest BCUT2D eigenvalue weighted by Gasteiger charge is -2.16. The van der Waals surface area contributed by atoms with Crippen LogP contribution in [0.1, 0.15) is 26.7 Å². The van der Waals surface area contributed by atoms with Gasteiger partial charge in [-0.2, -0.15) is 0 Å². The Kier molecular flexibility index (Phi) is 7.15. The maximum absolute atomic E-state index is 13.0. The van der Waals surface area contributed by atoms with Gasteiger partial charge in [-0.15, -0.1) is 0 Å². The average Bonchev–Trinajstić information content (AvgIpc) is 3.15. The summed E-state index contributed by atoms with van der Waals surface area (Å²) in [4.78, 5) is 41.4. The summed E-state index contributed by atoms with van der Waals surface area (Å²) in [5, 5.41) is 6.17. The molecule has 0 spiro atoms. The summed E-state index contributed by atoms with van der Waals surface area (Å²) < 4.78 is 7.20. The van der Waals surface area contributed by atoms with Crippen molar-refractivity contribution in [1.82, 2.24) is 20.2 Å². The smallest absolute Gasteiger partial charge is 0.321 e. The Bertz CT molecular complexity index is 973. The van der Waals surface area contributed by atoms with Gasteiger partial charge in [0.1, 0.15) is 0 Å². The van der Waals surface area contributed by atoms with Crippen LogP contribution in [0.2, 0.25) is 5.02 Å². The van der Waals surface area contributed by atoms with E-state index >= 15 is 0 Å². The van der Waals surface area contributed by atoms with Crippen molar-refractivity contribution in [2.75, 3.05) is 12.4 Å². The number of carbonyl (C=O) groups is 2. The summed E-state index contributed by atoms with van der Waals surface area (Å²) in [6.07, 6.45) is 1.75. The summed E-state index contributed by atoms with van der Waals surface area (Å²) in [5.41, 5.74) is 0.258. The van der Waals surface area contributed by atoms with E-state index in [9.17, 15) is 14.4 Å². The molecule has 1 fully saturated rings. The number of imide groups is 1. The predicted octanol–water partition coefficient (Wildman–Crippen LogP) is 2.56. The maximum atomic E-state index is 13.0. The van der Waals surface area contributed by atoms with Crippen molar-refractivity contribution < 1.29 is 14.3 Å². The summed E-state index contributed by atoms with van der Waals surface area (Å²) in [7, 11) is 0. The molecular formula is C19H23ClN4O4S. The molecule has 3 rings (SSSR count). The third-order valence-corrected chi connectivity index (χ3v) is 5.51. The second kappa shape index (κ2) is 9.60. The van der Waals surface area contributed by atoms with Crippen LogP contribution in [-0.2, 0) is 16.1 Å². The van der Waals surface area contributed by atoms with Gasteiger partial charge in [-0.3, -0.25) is 19.5 Å². The normalized spacial score (nSPS) is 16.3. The van der Waals surface area contributed by atoms with E-state index in [2.05, 4.69) is 15.6 Å². The third-order valence-electron chi connectivity index (χ3n) is 4.30. The highest BCUT2D eigenvalue weighted by Gasteiger charge is 2.21. The van der Waals surface area contributed by atoms with E-state index in [1.807, 2.05) is 0 Å². The van der Waals surface area contributed by atoms with Crippen LogP contribution in [0.3, 0.4) is 0 Å². The Hall–Kier alpha value is -2.10. The van der Waals surface area contributed by atoms with Gasteiger partial charge < -0.3 is 10.1 Å². The minimum atomic E-state index is -0.555. The molecule has 1 aromatic heterocycles. The molecule has 0 saturated carbocycles. The lowest BCUT2D eigenvalue weighted by molar-refractivity contribution is -0.117. The molecular weight excluding hydrogens is 416 g/mol. The molecule has 1 aliphatic rings. The molecule has 0 aliphatic carbocycles. The van der Waals surface area contributed by atoms with Crippen molar-refractivity contribution in [3.05, 3.63) is 33.6 Å². The van der Waals surface area contributed by atoms with Gasteiger partial charge in [0.15, 0.2) is 5.16 Å². The van der Waals surface area contributed by atoms with Gasteiger partial charge in [-0.05, 0) is 44.9 Å². The highest BCUT2D eigenvalue weighted by molar-refractivity contribution is 7.99. The minimum absolute atomic E-state index is 0.0600. The Morgan fingerprint density at radius 2 is 2.21 bits per heavy atom. The molecule has 2 heterocycles. The molecule has 8 nitrogen and oxygen atoms in total. The van der Waals surface area contributed by atoms with Gasteiger partial charge in [-0.25, -0.2) is 9.78 Å². The van der Waals surface area contributed by atoms with Crippen LogP contribution in [0.25, 0.3) is 10.9 Å². The van der Waals surface area contributed by atoms with Crippen LogP contribution in [0.4, 0.5) is 4.79 Å². The molecule has 1 atom stereocenters. The quantitative estimate of drug-likeness (QED) is 0.530. The van der Waals surface area contributed by atoms with Gasteiger partial charge in [0.2, 0.25) is 5.91 Å². The number of fused-ring (bicyclic) bond motifs is 1. The molecule has 10 heteroatoms. The molecule has 0 radical (unpaired) electrons. The molecule has 2 N–H and O–H groups in total. The summed E-state index contributed by atoms with van der Waals surface area (Å²) in [6, 6.07) is 4.28.